The zero-order valence-electron chi connectivity index (χ0n) is 14.8. The highest BCUT2D eigenvalue weighted by Crippen LogP contribution is 2.37. The maximum atomic E-state index is 12.9. The Kier molecular flexibility index (Phi) is 5.17. The molecular formula is C21H24N2O2. The van der Waals surface area contributed by atoms with E-state index in [0.717, 1.165) is 36.1 Å². The van der Waals surface area contributed by atoms with Crippen LogP contribution < -0.4 is 10.2 Å². The summed E-state index contributed by atoms with van der Waals surface area (Å²) in [4.78, 5) is 26.3. The van der Waals surface area contributed by atoms with E-state index in [1.54, 1.807) is 4.90 Å². The molecule has 2 aromatic rings. The molecule has 0 unspecified atom stereocenters. The van der Waals surface area contributed by atoms with Crippen LogP contribution in [0.25, 0.3) is 0 Å². The predicted octanol–water partition coefficient (Wildman–Crippen LogP) is 3.75. The lowest BCUT2D eigenvalue weighted by Gasteiger charge is -2.18. The third-order valence-electron chi connectivity index (χ3n) is 4.56. The number of unbranched alkanes of at least 4 members (excludes halogenated alkanes) is 1. The number of fused-ring (bicyclic) bond motifs is 1. The molecule has 2 amide bonds. The lowest BCUT2D eigenvalue weighted by Crippen LogP contribution is -2.36. The minimum atomic E-state index is -0.585. The molecule has 0 fully saturated rings. The number of anilines is 1. The molecule has 0 aliphatic carbocycles. The molecule has 0 radical (unpaired) electrons. The summed E-state index contributed by atoms with van der Waals surface area (Å²) in [5.41, 5.74) is 4.09. The molecule has 4 nitrogen and oxygen atoms in total. The van der Waals surface area contributed by atoms with Gasteiger partial charge in [-0.2, -0.15) is 0 Å². The number of amides is 2. The summed E-state index contributed by atoms with van der Waals surface area (Å²) in [7, 11) is 0. The fourth-order valence-corrected chi connectivity index (χ4v) is 3.30. The molecule has 0 bridgehead atoms. The second-order valence-corrected chi connectivity index (χ2v) is 6.54. The highest BCUT2D eigenvalue weighted by Gasteiger charge is 2.37. The second-order valence-electron chi connectivity index (χ2n) is 6.54. The van der Waals surface area contributed by atoms with E-state index in [2.05, 4.69) is 24.4 Å². The first-order chi connectivity index (χ1) is 12.1. The van der Waals surface area contributed by atoms with E-state index >= 15 is 0 Å². The Morgan fingerprint density at radius 2 is 1.88 bits per heavy atom. The van der Waals surface area contributed by atoms with Crippen molar-refractivity contribution < 1.29 is 9.59 Å². The van der Waals surface area contributed by atoms with Crippen LogP contribution in [0.15, 0.2) is 48.5 Å². The van der Waals surface area contributed by atoms with E-state index in [4.69, 9.17) is 0 Å². The molecule has 1 N–H and O–H groups in total. The van der Waals surface area contributed by atoms with E-state index in [-0.39, 0.29) is 11.8 Å². The normalized spacial score (nSPS) is 16.0. The first-order valence-corrected chi connectivity index (χ1v) is 8.85. The summed E-state index contributed by atoms with van der Waals surface area (Å²) in [6.07, 6.45) is 3.24. The van der Waals surface area contributed by atoms with Gasteiger partial charge in [-0.3, -0.25) is 9.59 Å². The molecule has 0 aromatic heterocycles. The second kappa shape index (κ2) is 7.51. The van der Waals surface area contributed by atoms with Crippen molar-refractivity contribution in [2.75, 3.05) is 4.90 Å². The molecule has 1 aliphatic rings. The number of rotatable bonds is 6. The number of nitrogens with zero attached hydrogens (tertiary/aromatic N) is 1. The van der Waals surface area contributed by atoms with Crippen LogP contribution in [0.1, 0.15) is 49.4 Å². The van der Waals surface area contributed by atoms with Crippen molar-refractivity contribution >= 4 is 17.5 Å². The molecule has 1 heterocycles. The molecule has 4 heteroatoms. The zero-order chi connectivity index (χ0) is 17.8. The van der Waals surface area contributed by atoms with Gasteiger partial charge in [-0.1, -0.05) is 55.8 Å². The van der Waals surface area contributed by atoms with Gasteiger partial charge in [-0.25, -0.2) is 0 Å². The SMILES string of the molecule is CCCCc1ccc2c(c1)[C@@H](NC(C)=O)C(=O)N2Cc1ccccc1. The maximum absolute atomic E-state index is 12.9. The van der Waals surface area contributed by atoms with Crippen LogP contribution in [0.4, 0.5) is 5.69 Å². The quantitative estimate of drug-likeness (QED) is 0.873. The molecule has 130 valence electrons. The molecule has 0 saturated carbocycles. The van der Waals surface area contributed by atoms with Gasteiger partial charge in [0.25, 0.3) is 5.91 Å². The first-order valence-electron chi connectivity index (χ1n) is 8.85. The summed E-state index contributed by atoms with van der Waals surface area (Å²) in [6, 6.07) is 15.5. The van der Waals surface area contributed by atoms with Gasteiger partial charge in [0.05, 0.1) is 6.54 Å². The van der Waals surface area contributed by atoms with Gasteiger partial charge >= 0.3 is 0 Å². The van der Waals surface area contributed by atoms with Crippen molar-refractivity contribution in [1.82, 2.24) is 5.32 Å². The van der Waals surface area contributed by atoms with Crippen LogP contribution in [-0.4, -0.2) is 11.8 Å². The largest absolute Gasteiger partial charge is 0.341 e. The van der Waals surface area contributed by atoms with Crippen molar-refractivity contribution in [3.05, 3.63) is 65.2 Å². The van der Waals surface area contributed by atoms with E-state index < -0.39 is 6.04 Å². The van der Waals surface area contributed by atoms with E-state index in [1.807, 2.05) is 36.4 Å². The highest BCUT2D eigenvalue weighted by molar-refractivity contribution is 6.06. The van der Waals surface area contributed by atoms with Crippen LogP contribution in [0.2, 0.25) is 0 Å². The summed E-state index contributed by atoms with van der Waals surface area (Å²) >= 11 is 0. The Balaban J connectivity index is 1.94. The molecular weight excluding hydrogens is 312 g/mol. The van der Waals surface area contributed by atoms with Crippen molar-refractivity contribution in [2.45, 2.75) is 45.7 Å². The van der Waals surface area contributed by atoms with Gasteiger partial charge in [0.1, 0.15) is 6.04 Å². The monoisotopic (exact) mass is 336 g/mol. The molecule has 1 aliphatic heterocycles. The minimum Gasteiger partial charge on any atom is -0.341 e. The average molecular weight is 336 g/mol. The number of nitrogens with one attached hydrogen (secondary N) is 1. The number of carbonyl (C=O) groups excluding carboxylic acids is 2. The number of hydrogen-bond donors (Lipinski definition) is 1. The molecule has 3 rings (SSSR count). The number of aryl methyl sites for hydroxylation is 1. The maximum Gasteiger partial charge on any atom is 0.254 e. The van der Waals surface area contributed by atoms with Crippen molar-refractivity contribution in [2.24, 2.45) is 0 Å². The van der Waals surface area contributed by atoms with E-state index in [0.29, 0.717) is 6.54 Å². The Bertz CT molecular complexity index is 771. The van der Waals surface area contributed by atoms with Crippen molar-refractivity contribution in [1.29, 1.82) is 0 Å². The summed E-state index contributed by atoms with van der Waals surface area (Å²) in [5, 5.41) is 2.82. The summed E-state index contributed by atoms with van der Waals surface area (Å²) in [5.74, 6) is -0.258. The number of hydrogen-bond acceptors (Lipinski definition) is 2. The van der Waals surface area contributed by atoms with Crippen LogP contribution in [0.5, 0.6) is 0 Å². The van der Waals surface area contributed by atoms with E-state index in [9.17, 15) is 9.59 Å². The standard InChI is InChI=1S/C21H24N2O2/c1-3-4-8-16-11-12-19-18(13-16)20(22-15(2)24)21(25)23(19)14-17-9-6-5-7-10-17/h5-7,9-13,20H,3-4,8,14H2,1-2H3,(H,22,24)/t20-/m1/s1. The zero-order valence-corrected chi connectivity index (χ0v) is 14.8. The van der Waals surface area contributed by atoms with Gasteiger partial charge in [0, 0.05) is 18.2 Å². The number of carbonyl (C=O) groups is 2. The van der Waals surface area contributed by atoms with Crippen LogP contribution >= 0.6 is 0 Å². The van der Waals surface area contributed by atoms with Crippen molar-refractivity contribution in [3.63, 3.8) is 0 Å². The van der Waals surface area contributed by atoms with Crippen LogP contribution in [0.3, 0.4) is 0 Å². The summed E-state index contributed by atoms with van der Waals surface area (Å²) in [6.45, 7) is 4.13. The van der Waals surface area contributed by atoms with Gasteiger partial charge < -0.3 is 10.2 Å². The highest BCUT2D eigenvalue weighted by atomic mass is 16.2. The molecule has 25 heavy (non-hydrogen) atoms. The Hall–Kier alpha value is -2.62. The Labute approximate surface area is 148 Å². The minimum absolute atomic E-state index is 0.0679. The van der Waals surface area contributed by atoms with Gasteiger partial charge in [0.2, 0.25) is 5.91 Å². The summed E-state index contributed by atoms with van der Waals surface area (Å²) < 4.78 is 0. The van der Waals surface area contributed by atoms with E-state index in [1.165, 1.54) is 12.5 Å². The average Bonchev–Trinajstić information content (AvgIpc) is 2.86. The lowest BCUT2D eigenvalue weighted by atomic mass is 10.0. The third kappa shape index (κ3) is 3.73. The van der Waals surface area contributed by atoms with Gasteiger partial charge in [0.15, 0.2) is 0 Å². The fraction of sp³-hybridized carbons (Fsp3) is 0.333. The Morgan fingerprint density at radius 3 is 2.56 bits per heavy atom. The predicted molar refractivity (Wildman–Crippen MR) is 99.2 cm³/mol. The molecule has 2 aromatic carbocycles. The first kappa shape index (κ1) is 17.2. The smallest absolute Gasteiger partial charge is 0.254 e. The number of benzene rings is 2. The fourth-order valence-electron chi connectivity index (χ4n) is 3.30. The Morgan fingerprint density at radius 1 is 1.12 bits per heavy atom. The van der Waals surface area contributed by atoms with Gasteiger partial charge in [-0.15, -0.1) is 0 Å². The van der Waals surface area contributed by atoms with Crippen molar-refractivity contribution in [3.8, 4) is 0 Å². The molecule has 0 saturated heterocycles. The molecule has 1 atom stereocenters. The lowest BCUT2D eigenvalue weighted by molar-refractivity contribution is -0.126. The van der Waals surface area contributed by atoms with Crippen LogP contribution in [-0.2, 0) is 22.6 Å². The third-order valence-corrected chi connectivity index (χ3v) is 4.56. The topological polar surface area (TPSA) is 49.4 Å². The van der Waals surface area contributed by atoms with Crippen LogP contribution in [0, 0.1) is 0 Å². The van der Waals surface area contributed by atoms with Gasteiger partial charge in [-0.05, 0) is 30.0 Å². The molecule has 0 spiro atoms.